The number of rotatable bonds is 3. The van der Waals surface area contributed by atoms with Crippen LogP contribution in [-0.4, -0.2) is 24.2 Å². The van der Waals surface area contributed by atoms with E-state index < -0.39 is 0 Å². The molecule has 0 radical (unpaired) electrons. The maximum atomic E-state index is 12.0. The number of benzene rings is 1. The van der Waals surface area contributed by atoms with E-state index in [0.29, 0.717) is 22.8 Å². The third-order valence-electron chi connectivity index (χ3n) is 3.59. The number of nitrogens with one attached hydrogen (secondary N) is 1. The molecule has 0 saturated carbocycles. The number of methoxy groups -OCH3 is 2. The number of nitrogens with zero attached hydrogens (tertiary/aromatic N) is 1. The molecule has 0 aliphatic rings. The summed E-state index contributed by atoms with van der Waals surface area (Å²) in [6.45, 7) is 1.97. The van der Waals surface area contributed by atoms with Crippen molar-refractivity contribution in [2.45, 2.75) is 6.92 Å². The van der Waals surface area contributed by atoms with Gasteiger partial charge in [0.05, 0.1) is 31.0 Å². The average Bonchev–Trinajstić information content (AvgIpc) is 2.53. The summed E-state index contributed by atoms with van der Waals surface area (Å²) >= 11 is 0. The normalized spacial score (nSPS) is 10.7. The third-order valence-corrected chi connectivity index (χ3v) is 3.59. The highest BCUT2D eigenvalue weighted by molar-refractivity contribution is 5.91. The monoisotopic (exact) mass is 296 g/mol. The van der Waals surface area contributed by atoms with E-state index in [0.717, 1.165) is 16.5 Å². The Bertz CT molecular complexity index is 900. The molecule has 2 heterocycles. The lowest BCUT2D eigenvalue weighted by atomic mass is 10.0. The van der Waals surface area contributed by atoms with Gasteiger partial charge >= 0.3 is 0 Å². The van der Waals surface area contributed by atoms with Gasteiger partial charge in [-0.05, 0) is 30.7 Å². The molecule has 1 aromatic carbocycles. The Morgan fingerprint density at radius 3 is 2.64 bits per heavy atom. The first-order valence-electron chi connectivity index (χ1n) is 6.85. The molecule has 3 aromatic rings. The molecule has 5 nitrogen and oxygen atoms in total. The number of aryl methyl sites for hydroxylation is 1. The highest BCUT2D eigenvalue weighted by Crippen LogP contribution is 2.34. The Morgan fingerprint density at radius 1 is 1.14 bits per heavy atom. The number of hydrogen-bond donors (Lipinski definition) is 1. The van der Waals surface area contributed by atoms with Crippen molar-refractivity contribution in [3.05, 3.63) is 52.4 Å². The topological polar surface area (TPSA) is 64.2 Å². The minimum Gasteiger partial charge on any atom is -0.497 e. The second-order valence-corrected chi connectivity index (χ2v) is 4.96. The van der Waals surface area contributed by atoms with Gasteiger partial charge in [-0.25, -0.2) is 4.98 Å². The number of H-pyrrole nitrogens is 1. The molecule has 0 saturated heterocycles. The Labute approximate surface area is 127 Å². The van der Waals surface area contributed by atoms with E-state index in [-0.39, 0.29) is 5.56 Å². The Hall–Kier alpha value is -2.82. The SMILES string of the molecule is COc1cc(OC)c2c(C)cc(-c3ccc[nH]c3=O)nc2c1. The molecular formula is C17H16N2O3. The van der Waals surface area contributed by atoms with Crippen LogP contribution in [0.3, 0.4) is 0 Å². The molecule has 0 unspecified atom stereocenters. The predicted molar refractivity (Wildman–Crippen MR) is 85.6 cm³/mol. The number of aromatic amines is 1. The molecule has 0 bridgehead atoms. The second-order valence-electron chi connectivity index (χ2n) is 4.96. The summed E-state index contributed by atoms with van der Waals surface area (Å²) in [4.78, 5) is 19.2. The minimum atomic E-state index is -0.163. The van der Waals surface area contributed by atoms with Gasteiger partial charge in [0.25, 0.3) is 5.56 Å². The molecule has 22 heavy (non-hydrogen) atoms. The van der Waals surface area contributed by atoms with Crippen LogP contribution in [0.1, 0.15) is 5.56 Å². The van der Waals surface area contributed by atoms with Gasteiger partial charge < -0.3 is 14.5 Å². The van der Waals surface area contributed by atoms with Crippen LogP contribution in [0.15, 0.2) is 41.3 Å². The largest absolute Gasteiger partial charge is 0.497 e. The highest BCUT2D eigenvalue weighted by atomic mass is 16.5. The lowest BCUT2D eigenvalue weighted by molar-refractivity contribution is 0.397. The molecule has 0 spiro atoms. The lowest BCUT2D eigenvalue weighted by Crippen LogP contribution is -2.08. The van der Waals surface area contributed by atoms with E-state index in [4.69, 9.17) is 9.47 Å². The Morgan fingerprint density at radius 2 is 1.95 bits per heavy atom. The second kappa shape index (κ2) is 5.52. The Balaban J connectivity index is 2.33. The van der Waals surface area contributed by atoms with Crippen molar-refractivity contribution in [2.24, 2.45) is 0 Å². The van der Waals surface area contributed by atoms with Crippen molar-refractivity contribution >= 4 is 10.9 Å². The molecule has 0 aliphatic heterocycles. The number of pyridine rings is 2. The third kappa shape index (κ3) is 2.30. The maximum Gasteiger partial charge on any atom is 0.257 e. The molecule has 0 fully saturated rings. The first-order chi connectivity index (χ1) is 10.6. The first kappa shape index (κ1) is 14.1. The molecular weight excluding hydrogens is 280 g/mol. The summed E-state index contributed by atoms with van der Waals surface area (Å²) in [5.41, 5.74) is 2.72. The summed E-state index contributed by atoms with van der Waals surface area (Å²) < 4.78 is 10.7. The highest BCUT2D eigenvalue weighted by Gasteiger charge is 2.13. The molecule has 0 atom stereocenters. The summed E-state index contributed by atoms with van der Waals surface area (Å²) in [7, 11) is 3.21. The molecule has 0 amide bonds. The summed E-state index contributed by atoms with van der Waals surface area (Å²) in [6, 6.07) is 9.09. The van der Waals surface area contributed by atoms with Crippen LogP contribution in [-0.2, 0) is 0 Å². The number of ether oxygens (including phenoxy) is 2. The zero-order valence-corrected chi connectivity index (χ0v) is 12.6. The summed E-state index contributed by atoms with van der Waals surface area (Å²) in [5, 5.41) is 0.916. The molecule has 3 rings (SSSR count). The van der Waals surface area contributed by atoms with Crippen molar-refractivity contribution in [3.8, 4) is 22.8 Å². The number of hydrogen-bond acceptors (Lipinski definition) is 4. The van der Waals surface area contributed by atoms with Gasteiger partial charge in [-0.3, -0.25) is 4.79 Å². The quantitative estimate of drug-likeness (QED) is 0.807. The zero-order valence-electron chi connectivity index (χ0n) is 12.6. The predicted octanol–water partition coefficient (Wildman–Crippen LogP) is 2.92. The molecule has 2 aromatic heterocycles. The fourth-order valence-corrected chi connectivity index (χ4v) is 2.54. The molecule has 5 heteroatoms. The van der Waals surface area contributed by atoms with Gasteiger partial charge in [-0.15, -0.1) is 0 Å². The van der Waals surface area contributed by atoms with Gasteiger partial charge in [0, 0.05) is 23.7 Å². The van der Waals surface area contributed by atoms with Gasteiger partial charge in [0.2, 0.25) is 0 Å². The smallest absolute Gasteiger partial charge is 0.257 e. The zero-order chi connectivity index (χ0) is 15.7. The van der Waals surface area contributed by atoms with Crippen molar-refractivity contribution in [1.82, 2.24) is 9.97 Å². The molecule has 0 aliphatic carbocycles. The minimum absolute atomic E-state index is 0.163. The van der Waals surface area contributed by atoms with Crippen molar-refractivity contribution in [1.29, 1.82) is 0 Å². The van der Waals surface area contributed by atoms with Crippen LogP contribution in [0.25, 0.3) is 22.2 Å². The molecule has 1 N–H and O–H groups in total. The van der Waals surface area contributed by atoms with Crippen LogP contribution in [0, 0.1) is 6.92 Å². The van der Waals surface area contributed by atoms with Crippen LogP contribution in [0.2, 0.25) is 0 Å². The van der Waals surface area contributed by atoms with Gasteiger partial charge in [-0.1, -0.05) is 0 Å². The van der Waals surface area contributed by atoms with Gasteiger partial charge in [0.15, 0.2) is 0 Å². The van der Waals surface area contributed by atoms with Crippen LogP contribution in [0.5, 0.6) is 11.5 Å². The van der Waals surface area contributed by atoms with Crippen molar-refractivity contribution in [2.75, 3.05) is 14.2 Å². The van der Waals surface area contributed by atoms with Crippen molar-refractivity contribution in [3.63, 3.8) is 0 Å². The van der Waals surface area contributed by atoms with E-state index in [2.05, 4.69) is 9.97 Å². The fourth-order valence-electron chi connectivity index (χ4n) is 2.54. The summed E-state index contributed by atoms with van der Waals surface area (Å²) in [5.74, 6) is 1.36. The van der Waals surface area contributed by atoms with Crippen LogP contribution < -0.4 is 15.0 Å². The van der Waals surface area contributed by atoms with E-state index in [1.807, 2.05) is 25.1 Å². The van der Waals surface area contributed by atoms with Crippen molar-refractivity contribution < 1.29 is 9.47 Å². The summed E-state index contributed by atoms with van der Waals surface area (Å²) in [6.07, 6.45) is 1.60. The average molecular weight is 296 g/mol. The fraction of sp³-hybridized carbons (Fsp3) is 0.176. The van der Waals surface area contributed by atoms with E-state index in [1.165, 1.54) is 0 Å². The Kier molecular flexibility index (Phi) is 3.55. The van der Waals surface area contributed by atoms with E-state index >= 15 is 0 Å². The maximum absolute atomic E-state index is 12.0. The molecule has 112 valence electrons. The standard InChI is InChI=1S/C17H16N2O3/c1-10-7-13(12-5-4-6-18-17(12)20)19-14-8-11(21-2)9-15(22-3)16(10)14/h4-9H,1-3H3,(H,18,20). The van der Waals surface area contributed by atoms with Crippen LogP contribution >= 0.6 is 0 Å². The van der Waals surface area contributed by atoms with E-state index in [9.17, 15) is 4.79 Å². The number of aromatic nitrogens is 2. The van der Waals surface area contributed by atoms with Gasteiger partial charge in [0.1, 0.15) is 11.5 Å². The van der Waals surface area contributed by atoms with Gasteiger partial charge in [-0.2, -0.15) is 0 Å². The lowest BCUT2D eigenvalue weighted by Gasteiger charge is -2.12. The number of fused-ring (bicyclic) bond motifs is 1. The first-order valence-corrected chi connectivity index (χ1v) is 6.85. The van der Waals surface area contributed by atoms with Crippen LogP contribution in [0.4, 0.5) is 0 Å². The van der Waals surface area contributed by atoms with E-state index in [1.54, 1.807) is 32.5 Å².